The zero-order chi connectivity index (χ0) is 8.39. The molecule has 0 saturated heterocycles. The van der Waals surface area contributed by atoms with Gasteiger partial charge in [-0.25, -0.2) is 0 Å². The van der Waals surface area contributed by atoms with Gasteiger partial charge in [0.2, 0.25) is 0 Å². The van der Waals surface area contributed by atoms with Gasteiger partial charge in [0, 0.05) is 17.5 Å². The highest BCUT2D eigenvalue weighted by Gasteiger charge is 2.25. The molecule has 2 atom stereocenters. The minimum absolute atomic E-state index is 0.784. The second-order valence-electron chi connectivity index (χ2n) is 3.62. The monoisotopic (exact) mass is 181 g/mol. The average Bonchev–Trinajstić information content (AvgIpc) is 2.54. The van der Waals surface area contributed by atoms with Crippen LogP contribution in [0.15, 0.2) is 17.5 Å². The third kappa shape index (κ3) is 1.70. The van der Waals surface area contributed by atoms with Gasteiger partial charge in [-0.15, -0.1) is 11.3 Å². The molecule has 2 rings (SSSR count). The molecule has 0 aliphatic heterocycles. The standard InChI is InChI=1S/C10H15NS/c1-8-4-5-10(8)11-7-9-3-2-6-12-9/h2-3,6,8,10-11H,4-5,7H2,1H3. The molecular formula is C10H15NS. The number of hydrogen-bond donors (Lipinski definition) is 1. The van der Waals surface area contributed by atoms with E-state index in [2.05, 4.69) is 29.8 Å². The van der Waals surface area contributed by atoms with Crippen LogP contribution in [0.3, 0.4) is 0 Å². The number of rotatable bonds is 3. The summed E-state index contributed by atoms with van der Waals surface area (Å²) in [4.78, 5) is 1.45. The molecule has 0 radical (unpaired) electrons. The van der Waals surface area contributed by atoms with Crippen LogP contribution in [0.4, 0.5) is 0 Å². The van der Waals surface area contributed by atoms with Crippen LogP contribution >= 0.6 is 11.3 Å². The van der Waals surface area contributed by atoms with E-state index in [0.29, 0.717) is 0 Å². The quantitative estimate of drug-likeness (QED) is 0.756. The Kier molecular flexibility index (Phi) is 2.47. The summed E-state index contributed by atoms with van der Waals surface area (Å²) >= 11 is 1.84. The van der Waals surface area contributed by atoms with Gasteiger partial charge in [-0.2, -0.15) is 0 Å². The summed E-state index contributed by atoms with van der Waals surface area (Å²) in [5.74, 6) is 0.893. The van der Waals surface area contributed by atoms with Crippen molar-refractivity contribution in [3.63, 3.8) is 0 Å². The Bertz CT molecular complexity index is 230. The maximum Gasteiger partial charge on any atom is 0.0302 e. The highest BCUT2D eigenvalue weighted by atomic mass is 32.1. The van der Waals surface area contributed by atoms with Crippen LogP contribution in [0, 0.1) is 5.92 Å². The first-order chi connectivity index (χ1) is 5.86. The lowest BCUT2D eigenvalue weighted by Crippen LogP contribution is -2.41. The van der Waals surface area contributed by atoms with Crippen molar-refractivity contribution in [3.8, 4) is 0 Å². The lowest BCUT2D eigenvalue weighted by Gasteiger charge is -2.34. The molecule has 1 saturated carbocycles. The SMILES string of the molecule is CC1CCC1NCc1cccs1. The van der Waals surface area contributed by atoms with Gasteiger partial charge in [-0.05, 0) is 30.2 Å². The van der Waals surface area contributed by atoms with Crippen LogP contribution < -0.4 is 5.32 Å². The fraction of sp³-hybridized carbons (Fsp3) is 0.600. The second kappa shape index (κ2) is 3.58. The summed E-state index contributed by atoms with van der Waals surface area (Å²) in [6.07, 6.45) is 2.77. The molecule has 0 amide bonds. The minimum atomic E-state index is 0.784. The van der Waals surface area contributed by atoms with Crippen LogP contribution in [0.2, 0.25) is 0 Å². The Labute approximate surface area is 77.8 Å². The molecule has 1 aromatic heterocycles. The topological polar surface area (TPSA) is 12.0 Å². The molecule has 1 aliphatic carbocycles. The van der Waals surface area contributed by atoms with Gasteiger partial charge in [0.05, 0.1) is 0 Å². The van der Waals surface area contributed by atoms with E-state index >= 15 is 0 Å². The summed E-state index contributed by atoms with van der Waals surface area (Å²) in [7, 11) is 0. The molecule has 1 aliphatic rings. The highest BCUT2D eigenvalue weighted by Crippen LogP contribution is 2.26. The van der Waals surface area contributed by atoms with Crippen LogP contribution in [0.1, 0.15) is 24.6 Å². The number of nitrogens with one attached hydrogen (secondary N) is 1. The largest absolute Gasteiger partial charge is 0.309 e. The van der Waals surface area contributed by atoms with Gasteiger partial charge < -0.3 is 5.32 Å². The predicted octanol–water partition coefficient (Wildman–Crippen LogP) is 2.64. The molecule has 0 aromatic carbocycles. The fourth-order valence-corrected chi connectivity index (χ4v) is 2.27. The summed E-state index contributed by atoms with van der Waals surface area (Å²) in [6.45, 7) is 3.39. The first kappa shape index (κ1) is 8.27. The van der Waals surface area contributed by atoms with Crippen molar-refractivity contribution in [3.05, 3.63) is 22.4 Å². The van der Waals surface area contributed by atoms with Crippen LogP contribution in [0.25, 0.3) is 0 Å². The van der Waals surface area contributed by atoms with Crippen molar-refractivity contribution in [2.45, 2.75) is 32.4 Å². The molecule has 1 N–H and O–H groups in total. The van der Waals surface area contributed by atoms with Crippen LogP contribution in [-0.4, -0.2) is 6.04 Å². The van der Waals surface area contributed by atoms with Crippen molar-refractivity contribution in [1.29, 1.82) is 0 Å². The lowest BCUT2D eigenvalue weighted by atomic mass is 9.81. The molecule has 2 unspecified atom stereocenters. The van der Waals surface area contributed by atoms with Gasteiger partial charge in [0.1, 0.15) is 0 Å². The Morgan fingerprint density at radius 1 is 1.58 bits per heavy atom. The zero-order valence-corrected chi connectivity index (χ0v) is 8.23. The Hall–Kier alpha value is -0.340. The maximum absolute atomic E-state index is 3.58. The molecule has 1 heterocycles. The first-order valence-electron chi connectivity index (χ1n) is 4.62. The van der Waals surface area contributed by atoms with Gasteiger partial charge in [0.15, 0.2) is 0 Å². The molecule has 12 heavy (non-hydrogen) atoms. The Balaban J connectivity index is 1.75. The summed E-state index contributed by atoms with van der Waals surface area (Å²) in [6, 6.07) is 5.10. The Morgan fingerprint density at radius 2 is 2.50 bits per heavy atom. The fourth-order valence-electron chi connectivity index (χ4n) is 1.61. The summed E-state index contributed by atoms with van der Waals surface area (Å²) in [5.41, 5.74) is 0. The van der Waals surface area contributed by atoms with Crippen molar-refractivity contribution in [2.75, 3.05) is 0 Å². The molecule has 66 valence electrons. The van der Waals surface area contributed by atoms with E-state index in [9.17, 15) is 0 Å². The average molecular weight is 181 g/mol. The third-order valence-corrected chi connectivity index (χ3v) is 3.61. The number of thiophene rings is 1. The van der Waals surface area contributed by atoms with Crippen molar-refractivity contribution in [1.82, 2.24) is 5.32 Å². The maximum atomic E-state index is 3.58. The van der Waals surface area contributed by atoms with Gasteiger partial charge in [0.25, 0.3) is 0 Å². The van der Waals surface area contributed by atoms with Crippen LogP contribution in [-0.2, 0) is 6.54 Å². The molecule has 0 bridgehead atoms. The second-order valence-corrected chi connectivity index (χ2v) is 4.65. The van der Waals surface area contributed by atoms with E-state index < -0.39 is 0 Å². The Morgan fingerprint density at radius 3 is 3.00 bits per heavy atom. The third-order valence-electron chi connectivity index (χ3n) is 2.74. The zero-order valence-electron chi connectivity index (χ0n) is 7.42. The lowest BCUT2D eigenvalue weighted by molar-refractivity contribution is 0.229. The van der Waals surface area contributed by atoms with Gasteiger partial charge in [-0.1, -0.05) is 13.0 Å². The van der Waals surface area contributed by atoms with E-state index in [1.54, 1.807) is 0 Å². The van der Waals surface area contributed by atoms with Crippen molar-refractivity contribution in [2.24, 2.45) is 5.92 Å². The molecular weight excluding hydrogens is 166 g/mol. The van der Waals surface area contributed by atoms with E-state index in [1.807, 2.05) is 11.3 Å². The first-order valence-corrected chi connectivity index (χ1v) is 5.50. The van der Waals surface area contributed by atoms with E-state index in [-0.39, 0.29) is 0 Å². The number of hydrogen-bond acceptors (Lipinski definition) is 2. The minimum Gasteiger partial charge on any atom is -0.309 e. The molecule has 2 heteroatoms. The molecule has 1 fully saturated rings. The molecule has 1 nitrogen and oxygen atoms in total. The predicted molar refractivity (Wildman–Crippen MR) is 53.3 cm³/mol. The van der Waals surface area contributed by atoms with Gasteiger partial charge >= 0.3 is 0 Å². The summed E-state index contributed by atoms with van der Waals surface area (Å²) in [5, 5.41) is 5.72. The molecule has 0 spiro atoms. The van der Waals surface area contributed by atoms with Crippen molar-refractivity contribution >= 4 is 11.3 Å². The van der Waals surface area contributed by atoms with E-state index in [0.717, 1.165) is 18.5 Å². The smallest absolute Gasteiger partial charge is 0.0302 e. The highest BCUT2D eigenvalue weighted by molar-refractivity contribution is 7.09. The summed E-state index contributed by atoms with van der Waals surface area (Å²) < 4.78 is 0. The molecule has 1 aromatic rings. The van der Waals surface area contributed by atoms with E-state index in [4.69, 9.17) is 0 Å². The van der Waals surface area contributed by atoms with Crippen molar-refractivity contribution < 1.29 is 0 Å². The normalized spacial score (nSPS) is 28.4. The van der Waals surface area contributed by atoms with Crippen LogP contribution in [0.5, 0.6) is 0 Å². The van der Waals surface area contributed by atoms with Gasteiger partial charge in [-0.3, -0.25) is 0 Å². The van der Waals surface area contributed by atoms with E-state index in [1.165, 1.54) is 17.7 Å².